The monoisotopic (exact) mass is 528 g/mol. The van der Waals surface area contributed by atoms with Crippen LogP contribution in [0.25, 0.3) is 0 Å². The van der Waals surface area contributed by atoms with Crippen LogP contribution >= 0.6 is 0 Å². The van der Waals surface area contributed by atoms with E-state index >= 15 is 0 Å². The molecule has 0 saturated heterocycles. The third-order valence-corrected chi connectivity index (χ3v) is 6.35. The molecule has 3 aromatic carbocycles. The summed E-state index contributed by atoms with van der Waals surface area (Å²) in [6, 6.07) is 18.3. The molecule has 202 valence electrons. The number of fused-ring (bicyclic) bond motifs is 1. The van der Waals surface area contributed by atoms with Crippen LogP contribution < -0.4 is 29.4 Å². The van der Waals surface area contributed by atoms with Gasteiger partial charge in [0.25, 0.3) is 0 Å². The summed E-state index contributed by atoms with van der Waals surface area (Å²) < 4.78 is 28.3. The molecule has 1 heterocycles. The SMILES string of the molecule is COc1cc(C2C(C#N)=C(N)Oc3cc(OC(=O)COc4ccc(C)c(C)c4)ccc32)ccc1OCC(C)C. The number of allylic oxidation sites excluding steroid dienone is 1. The van der Waals surface area contributed by atoms with E-state index < -0.39 is 11.9 Å². The first-order chi connectivity index (χ1) is 18.7. The minimum Gasteiger partial charge on any atom is -0.493 e. The molecule has 1 unspecified atom stereocenters. The molecule has 0 spiro atoms. The Hall–Kier alpha value is -4.64. The average molecular weight is 529 g/mol. The Morgan fingerprint density at radius 3 is 2.46 bits per heavy atom. The maximum absolute atomic E-state index is 12.5. The van der Waals surface area contributed by atoms with Crippen LogP contribution in [0.5, 0.6) is 28.7 Å². The van der Waals surface area contributed by atoms with Crippen molar-refractivity contribution in [3.63, 3.8) is 0 Å². The Kier molecular flexibility index (Phi) is 8.30. The molecule has 1 aliphatic heterocycles. The number of nitriles is 1. The summed E-state index contributed by atoms with van der Waals surface area (Å²) >= 11 is 0. The third kappa shape index (κ3) is 6.27. The first kappa shape index (κ1) is 27.4. The molecule has 39 heavy (non-hydrogen) atoms. The van der Waals surface area contributed by atoms with E-state index in [1.54, 1.807) is 25.3 Å². The normalized spacial score (nSPS) is 14.2. The molecule has 1 atom stereocenters. The summed E-state index contributed by atoms with van der Waals surface area (Å²) in [6.07, 6.45) is 0. The topological polar surface area (TPSA) is 113 Å². The van der Waals surface area contributed by atoms with Crippen LogP contribution in [0.1, 0.15) is 42.0 Å². The number of benzene rings is 3. The van der Waals surface area contributed by atoms with E-state index in [-0.39, 0.29) is 23.8 Å². The second-order valence-electron chi connectivity index (χ2n) is 9.75. The third-order valence-electron chi connectivity index (χ3n) is 6.35. The summed E-state index contributed by atoms with van der Waals surface area (Å²) in [7, 11) is 1.57. The van der Waals surface area contributed by atoms with Crippen LogP contribution in [-0.2, 0) is 4.79 Å². The summed E-state index contributed by atoms with van der Waals surface area (Å²) in [5, 5.41) is 9.90. The largest absolute Gasteiger partial charge is 0.493 e. The number of nitrogens with two attached hydrogens (primary N) is 1. The molecule has 4 rings (SSSR count). The number of hydrogen-bond acceptors (Lipinski definition) is 8. The number of nitrogens with zero attached hydrogens (tertiary/aromatic N) is 1. The lowest BCUT2D eigenvalue weighted by Crippen LogP contribution is -2.22. The molecule has 0 fully saturated rings. The van der Waals surface area contributed by atoms with Gasteiger partial charge in [0.2, 0.25) is 5.88 Å². The van der Waals surface area contributed by atoms with Gasteiger partial charge in [0.15, 0.2) is 18.1 Å². The highest BCUT2D eigenvalue weighted by Gasteiger charge is 2.32. The smallest absolute Gasteiger partial charge is 0.349 e. The zero-order valence-corrected chi connectivity index (χ0v) is 22.7. The van der Waals surface area contributed by atoms with E-state index in [1.165, 1.54) is 0 Å². The van der Waals surface area contributed by atoms with E-state index in [2.05, 4.69) is 19.9 Å². The van der Waals surface area contributed by atoms with E-state index in [9.17, 15) is 10.1 Å². The lowest BCUT2D eigenvalue weighted by atomic mass is 9.83. The van der Waals surface area contributed by atoms with Crippen molar-refractivity contribution in [3.05, 3.63) is 88.3 Å². The quantitative estimate of drug-likeness (QED) is 0.284. The minimum absolute atomic E-state index is 0.0179. The van der Waals surface area contributed by atoms with Crippen LogP contribution in [0.2, 0.25) is 0 Å². The van der Waals surface area contributed by atoms with Crippen molar-refractivity contribution in [1.29, 1.82) is 5.26 Å². The van der Waals surface area contributed by atoms with Gasteiger partial charge in [-0.05, 0) is 66.8 Å². The van der Waals surface area contributed by atoms with Gasteiger partial charge < -0.3 is 29.4 Å². The first-order valence-electron chi connectivity index (χ1n) is 12.6. The number of carbonyl (C=O) groups is 1. The second kappa shape index (κ2) is 11.8. The Morgan fingerprint density at radius 1 is 1.00 bits per heavy atom. The van der Waals surface area contributed by atoms with Crippen molar-refractivity contribution < 1.29 is 28.5 Å². The Bertz CT molecular complexity index is 1450. The molecule has 0 radical (unpaired) electrons. The molecule has 1 aliphatic rings. The second-order valence-corrected chi connectivity index (χ2v) is 9.75. The maximum Gasteiger partial charge on any atom is 0.349 e. The van der Waals surface area contributed by atoms with E-state index in [0.717, 1.165) is 16.7 Å². The summed E-state index contributed by atoms with van der Waals surface area (Å²) in [5.74, 6) is 1.66. The first-order valence-corrected chi connectivity index (χ1v) is 12.6. The molecular weight excluding hydrogens is 496 g/mol. The summed E-state index contributed by atoms with van der Waals surface area (Å²) in [5.41, 5.74) is 10.1. The van der Waals surface area contributed by atoms with E-state index in [1.807, 2.05) is 50.2 Å². The van der Waals surface area contributed by atoms with Crippen molar-refractivity contribution in [2.45, 2.75) is 33.6 Å². The summed E-state index contributed by atoms with van der Waals surface area (Å²) in [6.45, 7) is 8.40. The number of esters is 1. The molecule has 0 amide bonds. The Morgan fingerprint density at radius 2 is 1.77 bits per heavy atom. The fraction of sp³-hybridized carbons (Fsp3) is 0.290. The molecule has 8 heteroatoms. The molecule has 2 N–H and O–H groups in total. The van der Waals surface area contributed by atoms with Gasteiger partial charge in [-0.2, -0.15) is 5.26 Å². The Balaban J connectivity index is 1.56. The fourth-order valence-electron chi connectivity index (χ4n) is 4.19. The fourth-order valence-corrected chi connectivity index (χ4v) is 4.19. The maximum atomic E-state index is 12.5. The predicted octanol–water partition coefficient (Wildman–Crippen LogP) is 5.55. The van der Waals surface area contributed by atoms with Gasteiger partial charge in [-0.1, -0.05) is 32.0 Å². The van der Waals surface area contributed by atoms with Crippen LogP contribution in [-0.4, -0.2) is 26.3 Å². The molecule has 0 aliphatic carbocycles. The molecule has 0 aromatic heterocycles. The molecule has 3 aromatic rings. The zero-order valence-electron chi connectivity index (χ0n) is 22.7. The average Bonchev–Trinajstić information content (AvgIpc) is 2.91. The minimum atomic E-state index is -0.566. The lowest BCUT2D eigenvalue weighted by Gasteiger charge is -2.27. The van der Waals surface area contributed by atoms with Gasteiger partial charge in [0.1, 0.15) is 28.9 Å². The number of hydrogen-bond donors (Lipinski definition) is 1. The van der Waals surface area contributed by atoms with Crippen molar-refractivity contribution in [1.82, 2.24) is 0 Å². The lowest BCUT2D eigenvalue weighted by molar-refractivity contribution is -0.136. The number of aryl methyl sites for hydroxylation is 2. The number of rotatable bonds is 9. The highest BCUT2D eigenvalue weighted by Crippen LogP contribution is 2.45. The standard InChI is InChI=1S/C31H32N2O6/c1-18(2)16-37-26-11-7-21(13-28(26)35-5)30-24-10-9-23(14-27(24)39-31(33)25(30)15-32)38-29(34)17-36-22-8-6-19(3)20(4)12-22/h6-14,18,30H,16-17,33H2,1-5H3. The molecular formula is C31H32N2O6. The van der Waals surface area contributed by atoms with E-state index in [0.29, 0.717) is 41.1 Å². The van der Waals surface area contributed by atoms with Crippen molar-refractivity contribution >= 4 is 5.97 Å². The van der Waals surface area contributed by atoms with Gasteiger partial charge in [0.05, 0.1) is 19.6 Å². The Labute approximate surface area is 228 Å². The van der Waals surface area contributed by atoms with Crippen LogP contribution in [0, 0.1) is 31.1 Å². The molecule has 0 saturated carbocycles. The van der Waals surface area contributed by atoms with Crippen molar-refractivity contribution in [3.8, 4) is 34.8 Å². The molecule has 0 bridgehead atoms. The van der Waals surface area contributed by atoms with Gasteiger partial charge in [-0.3, -0.25) is 0 Å². The van der Waals surface area contributed by atoms with Gasteiger partial charge in [0, 0.05) is 11.6 Å². The van der Waals surface area contributed by atoms with Crippen LogP contribution in [0.15, 0.2) is 66.1 Å². The van der Waals surface area contributed by atoms with Crippen LogP contribution in [0.3, 0.4) is 0 Å². The van der Waals surface area contributed by atoms with Gasteiger partial charge >= 0.3 is 5.97 Å². The molecule has 8 nitrogen and oxygen atoms in total. The number of carbonyl (C=O) groups excluding carboxylic acids is 1. The van der Waals surface area contributed by atoms with Crippen molar-refractivity contribution in [2.75, 3.05) is 20.3 Å². The highest BCUT2D eigenvalue weighted by molar-refractivity contribution is 5.74. The number of ether oxygens (including phenoxy) is 5. The number of methoxy groups -OCH3 is 1. The highest BCUT2D eigenvalue weighted by atomic mass is 16.6. The summed E-state index contributed by atoms with van der Waals surface area (Å²) in [4.78, 5) is 12.5. The van der Waals surface area contributed by atoms with E-state index in [4.69, 9.17) is 29.4 Å². The van der Waals surface area contributed by atoms with Crippen LogP contribution in [0.4, 0.5) is 0 Å². The van der Waals surface area contributed by atoms with Gasteiger partial charge in [-0.25, -0.2) is 4.79 Å². The van der Waals surface area contributed by atoms with Gasteiger partial charge in [-0.15, -0.1) is 0 Å². The zero-order chi connectivity index (χ0) is 28.1. The predicted molar refractivity (Wildman–Crippen MR) is 146 cm³/mol. The van der Waals surface area contributed by atoms with Crippen molar-refractivity contribution in [2.24, 2.45) is 11.7 Å².